The lowest BCUT2D eigenvalue weighted by molar-refractivity contribution is -0.107. The average molecular weight is 192 g/mol. The van der Waals surface area contributed by atoms with Gasteiger partial charge in [0, 0.05) is 17.8 Å². The average Bonchev–Trinajstić information content (AvgIpc) is 2.14. The zero-order valence-corrected chi connectivity index (χ0v) is 8.60. The van der Waals surface area contributed by atoms with Crippen LogP contribution in [0.25, 0.3) is 0 Å². The number of carbonyl (C=O) groups is 1. The Morgan fingerprint density at radius 3 is 2.36 bits per heavy atom. The summed E-state index contributed by atoms with van der Waals surface area (Å²) in [5.41, 5.74) is 6.35. The predicted octanol–water partition coefficient (Wildman–Crippen LogP) is 1.39. The minimum atomic E-state index is -0.378. The highest BCUT2D eigenvalue weighted by molar-refractivity contribution is 5.75. The number of carbonyl (C=O) groups excluding carboxylic acids is 1. The minimum absolute atomic E-state index is 0.378. The van der Waals surface area contributed by atoms with E-state index in [0.717, 1.165) is 12.1 Å². The molecule has 0 aromatic heterocycles. The van der Waals surface area contributed by atoms with Crippen LogP contribution in [0.3, 0.4) is 0 Å². The molecule has 0 radical (unpaired) electrons. The Kier molecular flexibility index (Phi) is 3.25. The summed E-state index contributed by atoms with van der Waals surface area (Å²) in [6, 6.07) is 9.49. The smallest absolute Gasteiger partial charge is 0.214 e. The monoisotopic (exact) mass is 192 g/mol. The number of rotatable bonds is 4. The Hall–Kier alpha value is -1.35. The molecule has 14 heavy (non-hydrogen) atoms. The van der Waals surface area contributed by atoms with Crippen molar-refractivity contribution in [3.05, 3.63) is 30.3 Å². The van der Waals surface area contributed by atoms with Crippen molar-refractivity contribution in [2.75, 3.05) is 11.4 Å². The topological polar surface area (TPSA) is 46.3 Å². The van der Waals surface area contributed by atoms with Crippen molar-refractivity contribution in [1.82, 2.24) is 0 Å². The van der Waals surface area contributed by atoms with Crippen LogP contribution in [0.1, 0.15) is 13.8 Å². The van der Waals surface area contributed by atoms with E-state index < -0.39 is 0 Å². The summed E-state index contributed by atoms with van der Waals surface area (Å²) >= 11 is 0. The van der Waals surface area contributed by atoms with Gasteiger partial charge in [0.25, 0.3) is 0 Å². The molecule has 0 aliphatic rings. The van der Waals surface area contributed by atoms with Crippen molar-refractivity contribution in [2.45, 2.75) is 19.4 Å². The summed E-state index contributed by atoms with van der Waals surface area (Å²) in [5, 5.41) is 0. The van der Waals surface area contributed by atoms with Gasteiger partial charge in [-0.2, -0.15) is 0 Å². The third kappa shape index (κ3) is 3.18. The maximum Gasteiger partial charge on any atom is 0.214 e. The molecule has 0 atom stereocenters. The first kappa shape index (κ1) is 10.7. The largest absolute Gasteiger partial charge is 0.324 e. The van der Waals surface area contributed by atoms with Gasteiger partial charge in [0.15, 0.2) is 0 Å². The zero-order valence-electron chi connectivity index (χ0n) is 8.60. The maximum atomic E-state index is 10.9. The minimum Gasteiger partial charge on any atom is -0.324 e. The molecule has 1 rings (SSSR count). The van der Waals surface area contributed by atoms with Gasteiger partial charge >= 0.3 is 0 Å². The summed E-state index contributed by atoms with van der Waals surface area (Å²) < 4.78 is 0. The van der Waals surface area contributed by atoms with Crippen molar-refractivity contribution >= 4 is 12.1 Å². The molecule has 0 saturated carbocycles. The Bertz CT molecular complexity index is 290. The SMILES string of the molecule is CC(C)(N)CN(C=O)c1ccccc1. The molecule has 0 unspecified atom stereocenters. The van der Waals surface area contributed by atoms with E-state index in [1.54, 1.807) is 4.90 Å². The van der Waals surface area contributed by atoms with Crippen LogP contribution in [-0.2, 0) is 4.79 Å². The molecule has 76 valence electrons. The zero-order chi connectivity index (χ0) is 10.6. The van der Waals surface area contributed by atoms with Crippen LogP contribution in [0.4, 0.5) is 5.69 Å². The molecule has 0 bridgehead atoms. The molecule has 0 saturated heterocycles. The highest BCUT2D eigenvalue weighted by Gasteiger charge is 2.16. The third-order valence-corrected chi connectivity index (χ3v) is 1.79. The Labute approximate surface area is 84.5 Å². The number of nitrogens with zero attached hydrogens (tertiary/aromatic N) is 1. The molecule has 0 fully saturated rings. The third-order valence-electron chi connectivity index (χ3n) is 1.79. The van der Waals surface area contributed by atoms with Gasteiger partial charge in [-0.25, -0.2) is 0 Å². The van der Waals surface area contributed by atoms with Gasteiger partial charge in [-0.15, -0.1) is 0 Å². The number of nitrogens with two attached hydrogens (primary N) is 1. The second kappa shape index (κ2) is 4.24. The van der Waals surface area contributed by atoms with Crippen LogP contribution in [-0.4, -0.2) is 18.5 Å². The summed E-state index contributed by atoms with van der Waals surface area (Å²) in [7, 11) is 0. The van der Waals surface area contributed by atoms with E-state index in [2.05, 4.69) is 0 Å². The van der Waals surface area contributed by atoms with E-state index in [9.17, 15) is 4.79 Å². The van der Waals surface area contributed by atoms with E-state index in [1.165, 1.54) is 0 Å². The first-order valence-electron chi connectivity index (χ1n) is 4.59. The van der Waals surface area contributed by atoms with E-state index in [-0.39, 0.29) is 5.54 Å². The number of amides is 1. The van der Waals surface area contributed by atoms with Gasteiger partial charge in [-0.3, -0.25) is 4.79 Å². The van der Waals surface area contributed by atoms with Crippen LogP contribution < -0.4 is 10.6 Å². The Morgan fingerprint density at radius 2 is 1.93 bits per heavy atom. The van der Waals surface area contributed by atoms with E-state index in [4.69, 9.17) is 5.73 Å². The molecule has 1 amide bonds. The second-order valence-corrected chi connectivity index (χ2v) is 4.06. The van der Waals surface area contributed by atoms with Crippen molar-refractivity contribution in [1.29, 1.82) is 0 Å². The Balaban J connectivity index is 2.78. The highest BCUT2D eigenvalue weighted by atomic mass is 16.1. The number of hydrogen-bond acceptors (Lipinski definition) is 2. The first-order valence-corrected chi connectivity index (χ1v) is 4.59. The molecule has 0 heterocycles. The van der Waals surface area contributed by atoms with E-state index >= 15 is 0 Å². The number of anilines is 1. The summed E-state index contributed by atoms with van der Waals surface area (Å²) in [5.74, 6) is 0. The lowest BCUT2D eigenvalue weighted by Crippen LogP contribution is -2.45. The molecule has 0 spiro atoms. The van der Waals surface area contributed by atoms with Crippen LogP contribution >= 0.6 is 0 Å². The molecule has 1 aromatic rings. The van der Waals surface area contributed by atoms with E-state index in [0.29, 0.717) is 6.54 Å². The fourth-order valence-corrected chi connectivity index (χ4v) is 1.25. The lowest BCUT2D eigenvalue weighted by Gasteiger charge is -2.26. The normalized spacial score (nSPS) is 11.1. The highest BCUT2D eigenvalue weighted by Crippen LogP contribution is 2.13. The van der Waals surface area contributed by atoms with Crippen LogP contribution in [0.2, 0.25) is 0 Å². The number of hydrogen-bond donors (Lipinski definition) is 1. The quantitative estimate of drug-likeness (QED) is 0.733. The molecule has 1 aromatic carbocycles. The molecule has 0 aliphatic heterocycles. The van der Waals surface area contributed by atoms with Crippen LogP contribution in [0.15, 0.2) is 30.3 Å². The van der Waals surface area contributed by atoms with Crippen molar-refractivity contribution < 1.29 is 4.79 Å². The fourth-order valence-electron chi connectivity index (χ4n) is 1.25. The summed E-state index contributed by atoms with van der Waals surface area (Å²) in [4.78, 5) is 12.5. The molecule has 3 nitrogen and oxygen atoms in total. The fraction of sp³-hybridized carbons (Fsp3) is 0.364. The van der Waals surface area contributed by atoms with Gasteiger partial charge in [0.05, 0.1) is 0 Å². The first-order chi connectivity index (χ1) is 6.53. The Morgan fingerprint density at radius 1 is 1.36 bits per heavy atom. The summed E-state index contributed by atoms with van der Waals surface area (Å²) in [6.07, 6.45) is 0.809. The summed E-state index contributed by atoms with van der Waals surface area (Å²) in [6.45, 7) is 4.30. The van der Waals surface area contributed by atoms with Crippen molar-refractivity contribution in [3.63, 3.8) is 0 Å². The second-order valence-electron chi connectivity index (χ2n) is 4.06. The van der Waals surface area contributed by atoms with Gasteiger partial charge in [-0.05, 0) is 26.0 Å². The molecular weight excluding hydrogens is 176 g/mol. The molecular formula is C11H16N2O. The van der Waals surface area contributed by atoms with Gasteiger partial charge < -0.3 is 10.6 Å². The van der Waals surface area contributed by atoms with Gasteiger partial charge in [0.1, 0.15) is 0 Å². The predicted molar refractivity (Wildman–Crippen MR) is 58.1 cm³/mol. The van der Waals surface area contributed by atoms with Crippen molar-refractivity contribution in [2.24, 2.45) is 5.73 Å². The van der Waals surface area contributed by atoms with Crippen LogP contribution in [0.5, 0.6) is 0 Å². The van der Waals surface area contributed by atoms with Crippen molar-refractivity contribution in [3.8, 4) is 0 Å². The molecule has 0 aliphatic carbocycles. The number of para-hydroxylation sites is 1. The maximum absolute atomic E-state index is 10.9. The molecule has 2 N–H and O–H groups in total. The standard InChI is InChI=1S/C11H16N2O/c1-11(2,12)8-13(9-14)10-6-4-3-5-7-10/h3-7,9H,8,12H2,1-2H3. The number of benzene rings is 1. The van der Waals surface area contributed by atoms with Crippen LogP contribution in [0, 0.1) is 0 Å². The van der Waals surface area contributed by atoms with Gasteiger partial charge in [-0.1, -0.05) is 18.2 Å². The molecule has 3 heteroatoms. The van der Waals surface area contributed by atoms with E-state index in [1.807, 2.05) is 44.2 Å². The lowest BCUT2D eigenvalue weighted by atomic mass is 10.1. The van der Waals surface area contributed by atoms with Gasteiger partial charge in [0.2, 0.25) is 6.41 Å².